The molecule has 0 saturated heterocycles. The molecule has 3 aliphatic rings. The van der Waals surface area contributed by atoms with Gasteiger partial charge in [0.05, 0.1) is 21.9 Å². The smallest absolute Gasteiger partial charge is 0.238 e. The van der Waals surface area contributed by atoms with Crippen LogP contribution < -0.4 is 9.86 Å². The predicted molar refractivity (Wildman–Crippen MR) is 133 cm³/mol. The standard InChI is InChI=1S/C17H20N6O2S.C6H7NO2S/c1-17-7-11(17)12(22-26(24,25)9-2-3-9)6-10(17)16-21-20-14-8-19-15-13(23(14)16)4-5-18-15;7-10(8,9)6-4-2-1-3-5-6/h4-5,8-12,18,22H,2-3,6-7H2,1H3;1-5H,(H2,7,8,9)/t10-,11-,12-,17+;/m0./s1. The zero-order valence-electron chi connectivity index (χ0n) is 19.6. The molecule has 0 bridgehead atoms. The molecule has 3 aliphatic carbocycles. The topological polar surface area (TPSA) is 165 Å². The molecule has 190 valence electrons. The molecule has 3 aromatic heterocycles. The third-order valence-corrected chi connectivity index (χ3v) is 10.7. The number of aromatic amines is 1. The summed E-state index contributed by atoms with van der Waals surface area (Å²) in [7, 11) is -6.67. The van der Waals surface area contributed by atoms with Gasteiger partial charge in [-0.15, -0.1) is 10.2 Å². The molecule has 4 aromatic rings. The summed E-state index contributed by atoms with van der Waals surface area (Å²) in [5, 5.41) is 13.5. The van der Waals surface area contributed by atoms with E-state index in [1.165, 1.54) is 12.1 Å². The third kappa shape index (κ3) is 3.99. The van der Waals surface area contributed by atoms with E-state index >= 15 is 0 Å². The number of hydrogen-bond donors (Lipinski definition) is 3. The maximum absolute atomic E-state index is 12.4. The zero-order chi connectivity index (χ0) is 25.3. The van der Waals surface area contributed by atoms with Crippen LogP contribution in [0.5, 0.6) is 0 Å². The van der Waals surface area contributed by atoms with E-state index in [1.807, 2.05) is 12.3 Å². The lowest BCUT2D eigenvalue weighted by Gasteiger charge is -2.19. The Kier molecular flexibility index (Phi) is 5.27. The maximum Gasteiger partial charge on any atom is 0.238 e. The van der Waals surface area contributed by atoms with Gasteiger partial charge in [0.25, 0.3) is 0 Å². The highest BCUT2D eigenvalue weighted by molar-refractivity contribution is 7.90. The molecule has 3 saturated carbocycles. The highest BCUT2D eigenvalue weighted by Crippen LogP contribution is 2.69. The van der Waals surface area contributed by atoms with Crippen LogP contribution in [0.25, 0.3) is 16.8 Å². The first-order valence-electron chi connectivity index (χ1n) is 11.8. The number of nitrogens with one attached hydrogen (secondary N) is 2. The normalized spacial score (nSPS) is 27.6. The molecule has 36 heavy (non-hydrogen) atoms. The fourth-order valence-electron chi connectivity index (χ4n) is 5.55. The number of aromatic nitrogens is 5. The Morgan fingerprint density at radius 3 is 2.53 bits per heavy atom. The van der Waals surface area contributed by atoms with Gasteiger partial charge in [0.15, 0.2) is 11.3 Å². The highest BCUT2D eigenvalue weighted by atomic mass is 32.2. The summed E-state index contributed by atoms with van der Waals surface area (Å²) in [5.41, 5.74) is 2.59. The summed E-state index contributed by atoms with van der Waals surface area (Å²) in [6, 6.07) is 9.88. The number of H-pyrrole nitrogens is 1. The molecule has 7 rings (SSSR count). The van der Waals surface area contributed by atoms with Crippen molar-refractivity contribution in [2.45, 2.75) is 54.7 Å². The van der Waals surface area contributed by atoms with Crippen molar-refractivity contribution in [2.24, 2.45) is 16.5 Å². The molecule has 4 atom stereocenters. The predicted octanol–water partition coefficient (Wildman–Crippen LogP) is 1.90. The Morgan fingerprint density at radius 2 is 1.86 bits per heavy atom. The average molecular weight is 530 g/mol. The van der Waals surface area contributed by atoms with Crippen molar-refractivity contribution in [3.63, 3.8) is 0 Å². The molecule has 0 aliphatic heterocycles. The summed E-state index contributed by atoms with van der Waals surface area (Å²) in [6.07, 6.45) is 6.99. The van der Waals surface area contributed by atoms with E-state index in [1.54, 1.807) is 24.4 Å². The number of rotatable bonds is 5. The first-order valence-corrected chi connectivity index (χ1v) is 14.9. The van der Waals surface area contributed by atoms with Crippen LogP contribution in [0.1, 0.15) is 44.3 Å². The van der Waals surface area contributed by atoms with E-state index in [0.717, 1.165) is 48.3 Å². The van der Waals surface area contributed by atoms with Gasteiger partial charge in [0, 0.05) is 18.2 Å². The van der Waals surface area contributed by atoms with E-state index in [-0.39, 0.29) is 27.5 Å². The SMILES string of the molecule is C[C@]12C[C@H]1[C@@H](NS(=O)(=O)C1CC1)C[C@H]2c1nnc2cnc3[nH]ccc3n12.NS(=O)(=O)c1ccccc1. The van der Waals surface area contributed by atoms with E-state index < -0.39 is 20.0 Å². The number of fused-ring (bicyclic) bond motifs is 4. The van der Waals surface area contributed by atoms with Crippen molar-refractivity contribution in [3.05, 3.63) is 54.6 Å². The molecule has 0 spiro atoms. The van der Waals surface area contributed by atoms with Crippen LogP contribution >= 0.6 is 0 Å². The van der Waals surface area contributed by atoms with Crippen LogP contribution in [0.15, 0.2) is 53.7 Å². The number of hydrogen-bond acceptors (Lipinski definition) is 7. The van der Waals surface area contributed by atoms with Crippen LogP contribution in [-0.4, -0.2) is 52.7 Å². The Labute approximate surface area is 208 Å². The minimum Gasteiger partial charge on any atom is -0.345 e. The lowest BCUT2D eigenvalue weighted by molar-refractivity contribution is 0.438. The fraction of sp³-hybridized carbons (Fsp3) is 0.435. The first kappa shape index (κ1) is 23.5. The second-order valence-electron chi connectivity index (χ2n) is 10.2. The lowest BCUT2D eigenvalue weighted by atomic mass is 9.91. The first-order chi connectivity index (χ1) is 17.1. The van der Waals surface area contributed by atoms with Gasteiger partial charge in [-0.3, -0.25) is 4.40 Å². The number of nitrogens with two attached hydrogens (primary N) is 1. The number of sulfonamides is 2. The van der Waals surface area contributed by atoms with Gasteiger partial charge in [0.2, 0.25) is 20.0 Å². The van der Waals surface area contributed by atoms with Gasteiger partial charge in [0.1, 0.15) is 5.82 Å². The Balaban J connectivity index is 0.000000204. The monoisotopic (exact) mass is 529 g/mol. The van der Waals surface area contributed by atoms with Crippen molar-refractivity contribution in [1.29, 1.82) is 0 Å². The van der Waals surface area contributed by atoms with Gasteiger partial charge in [-0.1, -0.05) is 25.1 Å². The van der Waals surface area contributed by atoms with E-state index in [4.69, 9.17) is 5.14 Å². The van der Waals surface area contributed by atoms with Crippen LogP contribution in [0.3, 0.4) is 0 Å². The Hall–Kier alpha value is -2.87. The molecular formula is C23H27N7O4S2. The second kappa shape index (κ2) is 8.07. The molecule has 1 aromatic carbocycles. The van der Waals surface area contributed by atoms with E-state index in [2.05, 4.69) is 36.2 Å². The summed E-state index contributed by atoms with van der Waals surface area (Å²) in [6.45, 7) is 2.25. The van der Waals surface area contributed by atoms with Crippen molar-refractivity contribution in [3.8, 4) is 0 Å². The molecule has 3 heterocycles. The number of nitrogens with zero attached hydrogens (tertiary/aromatic N) is 4. The largest absolute Gasteiger partial charge is 0.345 e. The van der Waals surface area contributed by atoms with Crippen molar-refractivity contribution >= 4 is 36.9 Å². The second-order valence-corrected chi connectivity index (χ2v) is 13.7. The third-order valence-electron chi connectivity index (χ3n) is 7.75. The van der Waals surface area contributed by atoms with Crippen molar-refractivity contribution in [1.82, 2.24) is 29.3 Å². The molecule has 11 nitrogen and oxygen atoms in total. The van der Waals surface area contributed by atoms with Gasteiger partial charge < -0.3 is 4.98 Å². The Bertz CT molecular complexity index is 1660. The van der Waals surface area contributed by atoms with Gasteiger partial charge >= 0.3 is 0 Å². The molecule has 0 amide bonds. The molecule has 0 unspecified atom stereocenters. The summed E-state index contributed by atoms with van der Waals surface area (Å²) < 4.78 is 51.1. The van der Waals surface area contributed by atoms with Gasteiger partial charge in [-0.25, -0.2) is 31.7 Å². The quantitative estimate of drug-likeness (QED) is 0.355. The summed E-state index contributed by atoms with van der Waals surface area (Å²) >= 11 is 0. The van der Waals surface area contributed by atoms with Crippen molar-refractivity contribution in [2.75, 3.05) is 0 Å². The molecule has 4 N–H and O–H groups in total. The lowest BCUT2D eigenvalue weighted by Crippen LogP contribution is -2.37. The van der Waals surface area contributed by atoms with Crippen molar-refractivity contribution < 1.29 is 16.8 Å². The highest BCUT2D eigenvalue weighted by Gasteiger charge is 2.66. The van der Waals surface area contributed by atoms with Crippen LogP contribution in [0.2, 0.25) is 0 Å². The molecular weight excluding hydrogens is 502 g/mol. The number of primary sulfonamides is 1. The molecule has 0 radical (unpaired) electrons. The fourth-order valence-corrected chi connectivity index (χ4v) is 7.72. The van der Waals surface area contributed by atoms with Crippen LogP contribution in [-0.2, 0) is 20.0 Å². The average Bonchev–Trinajstić information content (AvgIpc) is 3.67. The minimum atomic E-state index is -3.50. The minimum absolute atomic E-state index is 0.00602. The number of benzene rings is 1. The maximum atomic E-state index is 12.4. The summed E-state index contributed by atoms with van der Waals surface area (Å²) in [5.74, 6) is 1.50. The van der Waals surface area contributed by atoms with E-state index in [0.29, 0.717) is 5.92 Å². The zero-order valence-corrected chi connectivity index (χ0v) is 21.2. The Morgan fingerprint density at radius 1 is 1.11 bits per heavy atom. The van der Waals surface area contributed by atoms with Crippen LogP contribution in [0, 0.1) is 11.3 Å². The molecule has 13 heteroatoms. The van der Waals surface area contributed by atoms with E-state index in [9.17, 15) is 16.8 Å². The van der Waals surface area contributed by atoms with Gasteiger partial charge in [-0.05, 0) is 55.2 Å². The van der Waals surface area contributed by atoms with Crippen LogP contribution in [0.4, 0.5) is 0 Å². The summed E-state index contributed by atoms with van der Waals surface area (Å²) in [4.78, 5) is 7.65. The van der Waals surface area contributed by atoms with Gasteiger partial charge in [-0.2, -0.15) is 0 Å². The molecule has 3 fully saturated rings.